The molecule has 2 aliphatic rings. The molecule has 0 radical (unpaired) electrons. The van der Waals surface area contributed by atoms with E-state index in [1.807, 2.05) is 36.4 Å². The van der Waals surface area contributed by atoms with Crippen molar-refractivity contribution < 1.29 is 9.47 Å². The first-order valence-electron chi connectivity index (χ1n) is 11.7. The van der Waals surface area contributed by atoms with Crippen molar-refractivity contribution in [3.8, 4) is 23.1 Å². The van der Waals surface area contributed by atoms with Crippen LogP contribution < -0.4 is 20.3 Å². The predicted molar refractivity (Wildman–Crippen MR) is 131 cm³/mol. The zero-order chi connectivity index (χ0) is 23.2. The molecule has 3 aromatic rings. The normalized spacial score (nSPS) is 16.6. The maximum Gasteiger partial charge on any atom is 0.227 e. The highest BCUT2D eigenvalue weighted by Gasteiger charge is 2.17. The van der Waals surface area contributed by atoms with Gasteiger partial charge in [-0.3, -0.25) is 0 Å². The van der Waals surface area contributed by atoms with E-state index >= 15 is 0 Å². The highest BCUT2D eigenvalue weighted by Crippen LogP contribution is 2.28. The molecule has 2 fully saturated rings. The third-order valence-electron chi connectivity index (χ3n) is 6.13. The van der Waals surface area contributed by atoms with Gasteiger partial charge in [-0.05, 0) is 74.5 Å². The molecule has 8 heteroatoms. The molecule has 2 N–H and O–H groups in total. The number of ether oxygens (including phenoxy) is 2. The van der Waals surface area contributed by atoms with E-state index in [1.54, 1.807) is 6.20 Å². The molecule has 0 spiro atoms. The van der Waals surface area contributed by atoms with Crippen LogP contribution in [-0.2, 0) is 4.74 Å². The van der Waals surface area contributed by atoms with Crippen molar-refractivity contribution in [2.45, 2.75) is 18.9 Å². The first-order chi connectivity index (χ1) is 16.8. The van der Waals surface area contributed by atoms with Crippen molar-refractivity contribution in [2.75, 3.05) is 49.6 Å². The van der Waals surface area contributed by atoms with Crippen molar-refractivity contribution in [1.82, 2.24) is 15.3 Å². The Morgan fingerprint density at radius 2 is 1.85 bits per heavy atom. The summed E-state index contributed by atoms with van der Waals surface area (Å²) in [7, 11) is 0. The lowest BCUT2D eigenvalue weighted by Crippen LogP contribution is -2.36. The molecule has 2 saturated heterocycles. The van der Waals surface area contributed by atoms with Gasteiger partial charge in [-0.1, -0.05) is 0 Å². The average molecular weight is 457 g/mol. The lowest BCUT2D eigenvalue weighted by molar-refractivity contribution is 0.122. The van der Waals surface area contributed by atoms with Crippen molar-refractivity contribution in [1.29, 1.82) is 5.26 Å². The van der Waals surface area contributed by atoms with Crippen LogP contribution in [0.25, 0.3) is 11.3 Å². The highest BCUT2D eigenvalue weighted by atomic mass is 16.5. The molecule has 5 rings (SSSR count). The topological polar surface area (TPSA) is 95.3 Å². The summed E-state index contributed by atoms with van der Waals surface area (Å²) in [6, 6.07) is 18.0. The minimum atomic E-state index is 0.142. The number of anilines is 3. The smallest absolute Gasteiger partial charge is 0.227 e. The van der Waals surface area contributed by atoms with Crippen LogP contribution in [0.3, 0.4) is 0 Å². The van der Waals surface area contributed by atoms with Crippen molar-refractivity contribution >= 4 is 17.3 Å². The Bertz CT molecular complexity index is 1150. The second-order valence-corrected chi connectivity index (χ2v) is 8.43. The first kappa shape index (κ1) is 22.1. The number of hydrogen-bond donors (Lipinski definition) is 2. The van der Waals surface area contributed by atoms with Gasteiger partial charge in [-0.25, -0.2) is 9.97 Å². The second kappa shape index (κ2) is 10.5. The van der Waals surface area contributed by atoms with Crippen molar-refractivity contribution in [2.24, 2.45) is 0 Å². The summed E-state index contributed by atoms with van der Waals surface area (Å²) in [4.78, 5) is 11.3. The van der Waals surface area contributed by atoms with Crippen LogP contribution in [0.1, 0.15) is 18.4 Å². The molecule has 1 aromatic heterocycles. The number of morpholine rings is 1. The molecule has 0 unspecified atom stereocenters. The van der Waals surface area contributed by atoms with E-state index in [2.05, 4.69) is 43.7 Å². The fourth-order valence-corrected chi connectivity index (χ4v) is 4.26. The Balaban J connectivity index is 1.29. The standard InChI is InChI=1S/C26H28N6O2/c27-18-20-17-19(1-6-25(20)34-23-7-10-28-11-8-23)24-9-12-29-26(31-24)30-21-2-4-22(5-3-21)32-13-15-33-16-14-32/h1-6,9,12,17,23,28H,7-8,10-11,13-16H2,(H,29,30,31). The Hall–Kier alpha value is -3.67. The van der Waals surface area contributed by atoms with Crippen LogP contribution >= 0.6 is 0 Å². The zero-order valence-corrected chi connectivity index (χ0v) is 19.0. The number of piperidine rings is 1. The molecule has 3 heterocycles. The first-order valence-corrected chi connectivity index (χ1v) is 11.7. The number of nitriles is 1. The van der Waals surface area contributed by atoms with E-state index in [4.69, 9.17) is 9.47 Å². The Labute approximate surface area is 199 Å². The van der Waals surface area contributed by atoms with E-state index in [-0.39, 0.29) is 6.10 Å². The van der Waals surface area contributed by atoms with Gasteiger partial charge in [-0.15, -0.1) is 0 Å². The molecular weight excluding hydrogens is 428 g/mol. The van der Waals surface area contributed by atoms with Crippen LogP contribution in [0.5, 0.6) is 5.75 Å². The van der Waals surface area contributed by atoms with Crippen molar-refractivity contribution in [3.05, 3.63) is 60.3 Å². The zero-order valence-electron chi connectivity index (χ0n) is 19.0. The third kappa shape index (κ3) is 5.28. The summed E-state index contributed by atoms with van der Waals surface area (Å²) in [6.45, 7) is 5.22. The molecule has 0 atom stereocenters. The summed E-state index contributed by atoms with van der Waals surface area (Å²) in [5, 5.41) is 16.3. The fourth-order valence-electron chi connectivity index (χ4n) is 4.26. The summed E-state index contributed by atoms with van der Waals surface area (Å²) in [6.07, 6.45) is 3.75. The highest BCUT2D eigenvalue weighted by molar-refractivity contribution is 5.66. The summed E-state index contributed by atoms with van der Waals surface area (Å²) in [5.74, 6) is 1.14. The molecule has 8 nitrogen and oxygen atoms in total. The van der Waals surface area contributed by atoms with E-state index < -0.39 is 0 Å². The van der Waals surface area contributed by atoms with E-state index in [0.717, 1.165) is 69.2 Å². The molecule has 34 heavy (non-hydrogen) atoms. The molecule has 0 saturated carbocycles. The van der Waals surface area contributed by atoms with E-state index in [1.165, 1.54) is 5.69 Å². The average Bonchev–Trinajstić information content (AvgIpc) is 2.91. The van der Waals surface area contributed by atoms with Crippen LogP contribution in [0, 0.1) is 11.3 Å². The lowest BCUT2D eigenvalue weighted by atomic mass is 10.1. The fraction of sp³-hybridized carbons (Fsp3) is 0.346. The van der Waals surface area contributed by atoms with Crippen LogP contribution in [0.2, 0.25) is 0 Å². The second-order valence-electron chi connectivity index (χ2n) is 8.43. The maximum atomic E-state index is 9.69. The Kier molecular flexibility index (Phi) is 6.84. The number of benzene rings is 2. The van der Waals surface area contributed by atoms with Gasteiger partial charge < -0.3 is 25.0 Å². The number of rotatable bonds is 6. The molecular formula is C26H28N6O2. The monoisotopic (exact) mass is 456 g/mol. The van der Waals surface area contributed by atoms with Gasteiger partial charge in [0.25, 0.3) is 0 Å². The SMILES string of the molecule is N#Cc1cc(-c2ccnc(Nc3ccc(N4CCOCC4)cc3)n2)ccc1OC1CCNCC1. The number of hydrogen-bond acceptors (Lipinski definition) is 8. The van der Waals surface area contributed by atoms with Gasteiger partial charge in [0.05, 0.1) is 24.5 Å². The largest absolute Gasteiger partial charge is 0.489 e. The third-order valence-corrected chi connectivity index (χ3v) is 6.13. The van der Waals surface area contributed by atoms with Crippen LogP contribution in [-0.4, -0.2) is 55.5 Å². The number of aromatic nitrogens is 2. The minimum Gasteiger partial charge on any atom is -0.489 e. The van der Waals surface area contributed by atoms with Gasteiger partial charge in [0.15, 0.2) is 0 Å². The maximum absolute atomic E-state index is 9.69. The van der Waals surface area contributed by atoms with Crippen molar-refractivity contribution in [3.63, 3.8) is 0 Å². The lowest BCUT2D eigenvalue weighted by Gasteiger charge is -2.28. The Morgan fingerprint density at radius 1 is 1.06 bits per heavy atom. The molecule has 0 aliphatic carbocycles. The molecule has 2 aliphatic heterocycles. The number of nitrogens with zero attached hydrogens (tertiary/aromatic N) is 4. The minimum absolute atomic E-state index is 0.142. The molecule has 0 bridgehead atoms. The van der Waals surface area contributed by atoms with Gasteiger partial charge in [-0.2, -0.15) is 5.26 Å². The van der Waals surface area contributed by atoms with E-state index in [9.17, 15) is 5.26 Å². The van der Waals surface area contributed by atoms with Gasteiger partial charge >= 0.3 is 0 Å². The van der Waals surface area contributed by atoms with Gasteiger partial charge in [0.2, 0.25) is 5.95 Å². The molecule has 2 aromatic carbocycles. The summed E-state index contributed by atoms with van der Waals surface area (Å²) < 4.78 is 11.5. The predicted octanol–water partition coefficient (Wildman–Crippen LogP) is 3.73. The van der Waals surface area contributed by atoms with Crippen LogP contribution in [0.15, 0.2) is 54.7 Å². The molecule has 0 amide bonds. The summed E-state index contributed by atoms with van der Waals surface area (Å²) >= 11 is 0. The summed E-state index contributed by atoms with van der Waals surface area (Å²) in [5.41, 5.74) is 4.20. The van der Waals surface area contributed by atoms with Crippen LogP contribution in [0.4, 0.5) is 17.3 Å². The van der Waals surface area contributed by atoms with Gasteiger partial charge in [0, 0.05) is 36.2 Å². The number of nitrogens with one attached hydrogen (secondary N) is 2. The Morgan fingerprint density at radius 3 is 2.62 bits per heavy atom. The molecule has 174 valence electrons. The quantitative estimate of drug-likeness (QED) is 0.579. The van der Waals surface area contributed by atoms with Gasteiger partial charge in [0.1, 0.15) is 17.9 Å². The van der Waals surface area contributed by atoms with E-state index in [0.29, 0.717) is 17.3 Å².